The lowest BCUT2D eigenvalue weighted by Crippen LogP contribution is -2.23. The van der Waals surface area contributed by atoms with Crippen LogP contribution in [0.3, 0.4) is 0 Å². The fourth-order valence-electron chi connectivity index (χ4n) is 5.38. The number of benzene rings is 2. The summed E-state index contributed by atoms with van der Waals surface area (Å²) in [6, 6.07) is 10.2. The number of rotatable bonds is 5. The highest BCUT2D eigenvalue weighted by Gasteiger charge is 2.31. The minimum atomic E-state index is -4.46. The summed E-state index contributed by atoms with van der Waals surface area (Å²) in [5.74, 6) is 1.04. The lowest BCUT2D eigenvalue weighted by Gasteiger charge is -2.31. The molecule has 9 heteroatoms. The number of aromatic nitrogens is 3. The maximum Gasteiger partial charge on any atom is 0.416 e. The first-order valence-electron chi connectivity index (χ1n) is 12.0. The Balaban J connectivity index is 1.25. The summed E-state index contributed by atoms with van der Waals surface area (Å²) in [4.78, 5) is 12.6. The Morgan fingerprint density at radius 2 is 1.75 bits per heavy atom. The summed E-state index contributed by atoms with van der Waals surface area (Å²) < 4.78 is 53.2. The summed E-state index contributed by atoms with van der Waals surface area (Å²) in [7, 11) is 0. The molecule has 0 aliphatic heterocycles. The molecule has 0 radical (unpaired) electrons. The Morgan fingerprint density at radius 1 is 0.972 bits per heavy atom. The van der Waals surface area contributed by atoms with E-state index in [1.807, 2.05) is 13.0 Å². The molecule has 0 saturated heterocycles. The van der Waals surface area contributed by atoms with Gasteiger partial charge in [0.25, 0.3) is 0 Å². The fraction of sp³-hybridized carbons (Fsp3) is 0.370. The highest BCUT2D eigenvalue weighted by Crippen LogP contribution is 2.40. The molecule has 36 heavy (non-hydrogen) atoms. The number of alkyl halides is 3. The average Bonchev–Trinajstić information content (AvgIpc) is 2.83. The maximum atomic E-state index is 13.9. The maximum absolute atomic E-state index is 13.9. The van der Waals surface area contributed by atoms with Crippen LogP contribution in [-0.2, 0) is 6.18 Å². The highest BCUT2D eigenvalue weighted by molar-refractivity contribution is 6.28. The molecule has 2 aromatic carbocycles. The standard InChI is InChI=1S/C27H25ClF4N4/c1-15(34-25-21-8-6-18(27(30,31)32)13-24(21)35-26(28)36-25)12-16-2-4-17(5-3-16)20-10-11-33-23-9-7-19(29)14-22(20)23/h6-11,13-17H,2-5,12H2,1H3,(H,34,35,36)/t15?,16-,17-. The van der Waals surface area contributed by atoms with Crippen LogP contribution in [0, 0.1) is 11.7 Å². The van der Waals surface area contributed by atoms with Gasteiger partial charge in [-0.15, -0.1) is 0 Å². The van der Waals surface area contributed by atoms with E-state index in [2.05, 4.69) is 20.3 Å². The van der Waals surface area contributed by atoms with Crippen molar-refractivity contribution in [1.82, 2.24) is 15.0 Å². The Hall–Kier alpha value is -3.00. The van der Waals surface area contributed by atoms with E-state index in [0.29, 0.717) is 23.0 Å². The van der Waals surface area contributed by atoms with Crippen molar-refractivity contribution in [2.75, 3.05) is 5.32 Å². The van der Waals surface area contributed by atoms with Gasteiger partial charge in [-0.2, -0.15) is 13.2 Å². The number of halogens is 5. The Morgan fingerprint density at radius 3 is 2.50 bits per heavy atom. The number of nitrogens with zero attached hydrogens (tertiary/aromatic N) is 3. The normalized spacial score (nSPS) is 19.5. The van der Waals surface area contributed by atoms with E-state index in [4.69, 9.17) is 11.6 Å². The number of pyridine rings is 1. The first kappa shape index (κ1) is 24.7. The number of fused-ring (bicyclic) bond motifs is 2. The van der Waals surface area contributed by atoms with E-state index in [0.717, 1.165) is 60.7 Å². The SMILES string of the molecule is CC(C[C@H]1CC[C@H](c2ccnc3ccc(F)cc32)CC1)Nc1nc(Cl)nc2cc(C(F)(F)F)ccc12. The molecule has 2 aromatic heterocycles. The lowest BCUT2D eigenvalue weighted by atomic mass is 9.76. The molecule has 0 amide bonds. The van der Waals surface area contributed by atoms with Crippen LogP contribution < -0.4 is 5.32 Å². The van der Waals surface area contributed by atoms with E-state index in [9.17, 15) is 17.6 Å². The van der Waals surface area contributed by atoms with Gasteiger partial charge in [0.2, 0.25) is 5.28 Å². The van der Waals surface area contributed by atoms with Crippen LogP contribution in [0.1, 0.15) is 56.1 Å². The van der Waals surface area contributed by atoms with Gasteiger partial charge in [-0.3, -0.25) is 4.98 Å². The fourth-order valence-corrected chi connectivity index (χ4v) is 5.56. The zero-order valence-electron chi connectivity index (χ0n) is 19.6. The van der Waals surface area contributed by atoms with Crippen molar-refractivity contribution in [2.24, 2.45) is 5.92 Å². The Labute approximate surface area is 211 Å². The van der Waals surface area contributed by atoms with Crippen molar-refractivity contribution in [3.05, 3.63) is 70.9 Å². The molecule has 1 atom stereocenters. The second kappa shape index (κ2) is 9.81. The van der Waals surface area contributed by atoms with Gasteiger partial charge in [-0.1, -0.05) is 0 Å². The second-order valence-corrected chi connectivity index (χ2v) is 9.97. The van der Waals surface area contributed by atoms with E-state index in [1.165, 1.54) is 12.1 Å². The zero-order valence-corrected chi connectivity index (χ0v) is 20.4. The third-order valence-corrected chi connectivity index (χ3v) is 7.26. The summed E-state index contributed by atoms with van der Waals surface area (Å²) in [5, 5.41) is 4.62. The van der Waals surface area contributed by atoms with Gasteiger partial charge in [0.05, 0.1) is 16.6 Å². The molecule has 1 aliphatic carbocycles. The van der Waals surface area contributed by atoms with Crippen molar-refractivity contribution in [3.63, 3.8) is 0 Å². The van der Waals surface area contributed by atoms with Crippen LogP contribution in [0.5, 0.6) is 0 Å². The van der Waals surface area contributed by atoms with Crippen LogP contribution >= 0.6 is 11.6 Å². The van der Waals surface area contributed by atoms with E-state index < -0.39 is 11.7 Å². The van der Waals surface area contributed by atoms with Crippen molar-refractivity contribution < 1.29 is 17.6 Å². The van der Waals surface area contributed by atoms with E-state index in [-0.39, 0.29) is 22.7 Å². The third-order valence-electron chi connectivity index (χ3n) is 7.09. The molecule has 1 aliphatic rings. The predicted octanol–water partition coefficient (Wildman–Crippen LogP) is 8.15. The smallest absolute Gasteiger partial charge is 0.367 e. The molecule has 1 unspecified atom stereocenters. The summed E-state index contributed by atoms with van der Waals surface area (Å²) in [6.45, 7) is 2.04. The van der Waals surface area contributed by atoms with Gasteiger partial charge in [0.1, 0.15) is 11.6 Å². The molecular formula is C27H25ClF4N4. The number of nitrogens with one attached hydrogen (secondary N) is 1. The monoisotopic (exact) mass is 516 g/mol. The second-order valence-electron chi connectivity index (χ2n) is 9.63. The van der Waals surface area contributed by atoms with Gasteiger partial charge in [0.15, 0.2) is 0 Å². The number of anilines is 1. The molecule has 2 heterocycles. The quantitative estimate of drug-likeness (QED) is 0.215. The molecular weight excluding hydrogens is 492 g/mol. The lowest BCUT2D eigenvalue weighted by molar-refractivity contribution is -0.137. The van der Waals surface area contributed by atoms with Crippen LogP contribution in [-0.4, -0.2) is 21.0 Å². The molecule has 4 nitrogen and oxygen atoms in total. The largest absolute Gasteiger partial charge is 0.416 e. The molecule has 1 N–H and O–H groups in total. The van der Waals surface area contributed by atoms with Gasteiger partial charge in [-0.05, 0) is 110 Å². The van der Waals surface area contributed by atoms with Crippen LogP contribution in [0.4, 0.5) is 23.4 Å². The van der Waals surface area contributed by atoms with Crippen molar-refractivity contribution in [1.29, 1.82) is 0 Å². The zero-order chi connectivity index (χ0) is 25.4. The van der Waals surface area contributed by atoms with Gasteiger partial charge < -0.3 is 5.32 Å². The molecule has 5 rings (SSSR count). The van der Waals surface area contributed by atoms with Gasteiger partial charge in [-0.25, -0.2) is 14.4 Å². The number of hydrogen-bond donors (Lipinski definition) is 1. The van der Waals surface area contributed by atoms with E-state index in [1.54, 1.807) is 18.3 Å². The van der Waals surface area contributed by atoms with Crippen LogP contribution in [0.15, 0.2) is 48.7 Å². The minimum Gasteiger partial charge on any atom is -0.367 e. The van der Waals surface area contributed by atoms with E-state index >= 15 is 0 Å². The summed E-state index contributed by atoms with van der Waals surface area (Å²) in [5.41, 5.74) is 1.35. The molecule has 0 spiro atoms. The number of hydrogen-bond acceptors (Lipinski definition) is 4. The van der Waals surface area contributed by atoms with Gasteiger partial charge >= 0.3 is 6.18 Å². The van der Waals surface area contributed by atoms with Crippen molar-refractivity contribution in [2.45, 2.75) is 57.2 Å². The molecule has 1 saturated carbocycles. The summed E-state index contributed by atoms with van der Waals surface area (Å²) in [6.07, 6.45) is 2.32. The Bertz CT molecular complexity index is 1400. The summed E-state index contributed by atoms with van der Waals surface area (Å²) >= 11 is 6.02. The van der Waals surface area contributed by atoms with Gasteiger partial charge in [0, 0.05) is 23.0 Å². The van der Waals surface area contributed by atoms with Crippen LogP contribution in [0.25, 0.3) is 21.8 Å². The first-order chi connectivity index (χ1) is 17.2. The first-order valence-corrected chi connectivity index (χ1v) is 12.4. The molecule has 0 bridgehead atoms. The molecule has 4 aromatic rings. The minimum absolute atomic E-state index is 0.0406. The highest BCUT2D eigenvalue weighted by atomic mass is 35.5. The topological polar surface area (TPSA) is 50.7 Å². The van der Waals surface area contributed by atoms with Crippen molar-refractivity contribution in [3.8, 4) is 0 Å². The Kier molecular flexibility index (Phi) is 6.72. The molecule has 1 fully saturated rings. The average molecular weight is 517 g/mol. The molecule has 188 valence electrons. The van der Waals surface area contributed by atoms with Crippen LogP contribution in [0.2, 0.25) is 5.28 Å². The third kappa shape index (κ3) is 5.24. The predicted molar refractivity (Wildman–Crippen MR) is 134 cm³/mol. The van der Waals surface area contributed by atoms with Crippen molar-refractivity contribution >= 4 is 39.2 Å².